The quantitative estimate of drug-likeness (QED) is 0.455. The van der Waals surface area contributed by atoms with E-state index in [1.54, 1.807) is 0 Å². The molecule has 0 radical (unpaired) electrons. The van der Waals surface area contributed by atoms with E-state index in [1.807, 2.05) is 0 Å². The van der Waals surface area contributed by atoms with Crippen LogP contribution in [0.25, 0.3) is 0 Å². The minimum Gasteiger partial charge on any atom is -0.450 e. The van der Waals surface area contributed by atoms with Gasteiger partial charge in [-0.1, -0.05) is 23.2 Å². The summed E-state index contributed by atoms with van der Waals surface area (Å²) in [4.78, 5) is 21.7. The Kier molecular flexibility index (Phi) is 4.45. The smallest absolute Gasteiger partial charge is 0.313 e. The standard InChI is InChI=1S/C14H9Cl2NO4/c1-8(18)11-4-3-10(7-12(11)16)21-14-5-2-9(15)6-13(14)17(19)20/h2-7H,1H3. The van der Waals surface area contributed by atoms with Gasteiger partial charge in [-0.15, -0.1) is 0 Å². The van der Waals surface area contributed by atoms with Crippen molar-refractivity contribution in [2.75, 3.05) is 0 Å². The van der Waals surface area contributed by atoms with E-state index in [9.17, 15) is 14.9 Å². The summed E-state index contributed by atoms with van der Waals surface area (Å²) < 4.78 is 5.45. The maximum absolute atomic E-state index is 11.3. The highest BCUT2D eigenvalue weighted by molar-refractivity contribution is 6.34. The van der Waals surface area contributed by atoms with Crippen LogP contribution in [0, 0.1) is 10.1 Å². The zero-order valence-electron chi connectivity index (χ0n) is 10.8. The number of hydrogen-bond donors (Lipinski definition) is 0. The minimum absolute atomic E-state index is 0.0380. The number of nitrogens with zero attached hydrogens (tertiary/aromatic N) is 1. The van der Waals surface area contributed by atoms with E-state index in [0.717, 1.165) is 0 Å². The van der Waals surface area contributed by atoms with Gasteiger partial charge in [-0.25, -0.2) is 0 Å². The Morgan fingerprint density at radius 1 is 1.19 bits per heavy atom. The van der Waals surface area contributed by atoms with Gasteiger partial charge in [0.15, 0.2) is 5.78 Å². The Morgan fingerprint density at radius 2 is 1.90 bits per heavy atom. The predicted octanol–water partition coefficient (Wildman–Crippen LogP) is 4.90. The van der Waals surface area contributed by atoms with Gasteiger partial charge in [-0.3, -0.25) is 14.9 Å². The van der Waals surface area contributed by atoms with Crippen molar-refractivity contribution in [3.63, 3.8) is 0 Å². The van der Waals surface area contributed by atoms with Crippen molar-refractivity contribution < 1.29 is 14.5 Å². The lowest BCUT2D eigenvalue weighted by molar-refractivity contribution is -0.385. The number of rotatable bonds is 4. The molecule has 0 amide bonds. The highest BCUT2D eigenvalue weighted by Crippen LogP contribution is 2.34. The summed E-state index contributed by atoms with van der Waals surface area (Å²) in [6.07, 6.45) is 0. The van der Waals surface area contributed by atoms with Gasteiger partial charge in [-0.05, 0) is 31.2 Å². The zero-order chi connectivity index (χ0) is 15.6. The van der Waals surface area contributed by atoms with Gasteiger partial charge in [0, 0.05) is 22.7 Å². The molecule has 2 rings (SSSR count). The first-order valence-corrected chi connectivity index (χ1v) is 6.56. The molecule has 0 spiro atoms. The molecule has 0 saturated heterocycles. The van der Waals surface area contributed by atoms with E-state index >= 15 is 0 Å². The second-order valence-electron chi connectivity index (χ2n) is 4.17. The molecule has 0 aliphatic heterocycles. The summed E-state index contributed by atoms with van der Waals surface area (Å²) in [6.45, 7) is 1.39. The third kappa shape index (κ3) is 3.51. The zero-order valence-corrected chi connectivity index (χ0v) is 12.3. The summed E-state index contributed by atoms with van der Waals surface area (Å²) >= 11 is 11.7. The van der Waals surface area contributed by atoms with E-state index in [2.05, 4.69) is 0 Å². The van der Waals surface area contributed by atoms with Crippen LogP contribution in [0.3, 0.4) is 0 Å². The molecule has 7 heteroatoms. The molecule has 0 atom stereocenters. The summed E-state index contributed by atoms with van der Waals surface area (Å²) in [5.74, 6) is 0.149. The summed E-state index contributed by atoms with van der Waals surface area (Å²) in [6, 6.07) is 8.52. The van der Waals surface area contributed by atoms with Crippen molar-refractivity contribution in [3.8, 4) is 11.5 Å². The molecule has 0 aliphatic rings. The lowest BCUT2D eigenvalue weighted by Crippen LogP contribution is -1.96. The SMILES string of the molecule is CC(=O)c1ccc(Oc2ccc(Cl)cc2[N+](=O)[O-])cc1Cl. The summed E-state index contributed by atoms with van der Waals surface area (Å²) in [5, 5.41) is 11.4. The predicted molar refractivity (Wildman–Crippen MR) is 79.6 cm³/mol. The Morgan fingerprint density at radius 3 is 2.48 bits per heavy atom. The van der Waals surface area contributed by atoms with Crippen molar-refractivity contribution in [2.45, 2.75) is 6.92 Å². The van der Waals surface area contributed by atoms with Crippen LogP contribution in [0.2, 0.25) is 10.0 Å². The molecule has 0 aromatic heterocycles. The van der Waals surface area contributed by atoms with Crippen LogP contribution in [0.15, 0.2) is 36.4 Å². The average molecular weight is 326 g/mol. The Balaban J connectivity index is 2.37. The van der Waals surface area contributed by atoms with Crippen molar-refractivity contribution in [2.24, 2.45) is 0 Å². The summed E-state index contributed by atoms with van der Waals surface area (Å²) in [7, 11) is 0. The van der Waals surface area contributed by atoms with Crippen LogP contribution >= 0.6 is 23.2 Å². The van der Waals surface area contributed by atoms with E-state index in [-0.39, 0.29) is 33.0 Å². The number of benzene rings is 2. The van der Waals surface area contributed by atoms with Gasteiger partial charge in [0.05, 0.1) is 9.95 Å². The van der Waals surface area contributed by atoms with Crippen LogP contribution in [0.1, 0.15) is 17.3 Å². The fraction of sp³-hybridized carbons (Fsp3) is 0.0714. The first kappa shape index (κ1) is 15.3. The first-order valence-electron chi connectivity index (χ1n) is 5.81. The maximum Gasteiger partial charge on any atom is 0.313 e. The van der Waals surface area contributed by atoms with Crippen LogP contribution in [-0.2, 0) is 0 Å². The van der Waals surface area contributed by atoms with Gasteiger partial charge in [0.2, 0.25) is 5.75 Å². The number of carbonyl (C=O) groups excluding carboxylic acids is 1. The number of Topliss-reactive ketones (excluding diaryl/α,β-unsaturated/α-hetero) is 1. The van der Waals surface area contributed by atoms with E-state index in [1.165, 1.54) is 43.3 Å². The van der Waals surface area contributed by atoms with Crippen molar-refractivity contribution in [1.82, 2.24) is 0 Å². The summed E-state index contributed by atoms with van der Waals surface area (Å²) in [5.41, 5.74) is 0.101. The molecule has 0 unspecified atom stereocenters. The average Bonchev–Trinajstić information content (AvgIpc) is 2.40. The first-order chi connectivity index (χ1) is 9.88. The Bertz CT molecular complexity index is 731. The van der Waals surface area contributed by atoms with Gasteiger partial charge in [0.25, 0.3) is 0 Å². The van der Waals surface area contributed by atoms with Crippen LogP contribution in [0.4, 0.5) is 5.69 Å². The van der Waals surface area contributed by atoms with Gasteiger partial charge >= 0.3 is 5.69 Å². The third-order valence-electron chi connectivity index (χ3n) is 2.67. The van der Waals surface area contributed by atoms with Crippen LogP contribution in [-0.4, -0.2) is 10.7 Å². The number of ketones is 1. The van der Waals surface area contributed by atoms with Gasteiger partial charge in [0.1, 0.15) is 5.75 Å². The van der Waals surface area contributed by atoms with Crippen molar-refractivity contribution in [3.05, 3.63) is 62.1 Å². The van der Waals surface area contributed by atoms with E-state index in [4.69, 9.17) is 27.9 Å². The molecule has 0 bridgehead atoms. The monoisotopic (exact) mass is 325 g/mol. The molecule has 0 heterocycles. The molecular formula is C14H9Cl2NO4. The number of hydrogen-bond acceptors (Lipinski definition) is 4. The molecule has 0 N–H and O–H groups in total. The van der Waals surface area contributed by atoms with E-state index in [0.29, 0.717) is 5.56 Å². The third-order valence-corrected chi connectivity index (χ3v) is 3.21. The normalized spacial score (nSPS) is 10.2. The fourth-order valence-corrected chi connectivity index (χ4v) is 2.16. The van der Waals surface area contributed by atoms with Gasteiger partial charge < -0.3 is 4.74 Å². The highest BCUT2D eigenvalue weighted by Gasteiger charge is 2.17. The number of ether oxygens (including phenoxy) is 1. The minimum atomic E-state index is -0.591. The number of nitro benzene ring substituents is 1. The van der Waals surface area contributed by atoms with Crippen molar-refractivity contribution >= 4 is 34.7 Å². The lowest BCUT2D eigenvalue weighted by Gasteiger charge is -2.08. The molecule has 0 fully saturated rings. The Hall–Kier alpha value is -2.11. The molecule has 2 aromatic rings. The second kappa shape index (κ2) is 6.11. The van der Waals surface area contributed by atoms with Gasteiger partial charge in [-0.2, -0.15) is 0 Å². The largest absolute Gasteiger partial charge is 0.450 e. The topological polar surface area (TPSA) is 69.4 Å². The van der Waals surface area contributed by atoms with Crippen LogP contribution in [0.5, 0.6) is 11.5 Å². The second-order valence-corrected chi connectivity index (χ2v) is 5.01. The highest BCUT2D eigenvalue weighted by atomic mass is 35.5. The molecule has 0 saturated carbocycles. The number of halogens is 2. The molecule has 21 heavy (non-hydrogen) atoms. The van der Waals surface area contributed by atoms with Crippen LogP contribution < -0.4 is 4.74 Å². The number of carbonyl (C=O) groups is 1. The maximum atomic E-state index is 11.3. The molecular weight excluding hydrogens is 317 g/mol. The molecule has 2 aromatic carbocycles. The van der Waals surface area contributed by atoms with Crippen molar-refractivity contribution in [1.29, 1.82) is 0 Å². The fourth-order valence-electron chi connectivity index (χ4n) is 1.69. The molecule has 5 nitrogen and oxygen atoms in total. The number of nitro groups is 1. The molecule has 0 aliphatic carbocycles. The van der Waals surface area contributed by atoms with E-state index < -0.39 is 4.92 Å². The molecule has 108 valence electrons. The lowest BCUT2D eigenvalue weighted by atomic mass is 10.1. The Labute approximate surface area is 130 Å².